The summed E-state index contributed by atoms with van der Waals surface area (Å²) in [6.45, 7) is 0.405. The molecule has 8 heteroatoms. The first-order chi connectivity index (χ1) is 15.5. The molecule has 3 aromatic rings. The smallest absolute Gasteiger partial charge is 0.271 e. The van der Waals surface area contributed by atoms with E-state index in [0.717, 1.165) is 5.56 Å². The Labute approximate surface area is 191 Å². The quantitative estimate of drug-likeness (QED) is 0.374. The van der Waals surface area contributed by atoms with E-state index >= 15 is 0 Å². The van der Waals surface area contributed by atoms with Crippen LogP contribution in [0.15, 0.2) is 65.8 Å². The second kappa shape index (κ2) is 11.1. The summed E-state index contributed by atoms with van der Waals surface area (Å²) in [4.78, 5) is 12.4. The van der Waals surface area contributed by atoms with Crippen molar-refractivity contribution in [1.82, 2.24) is 5.43 Å². The number of rotatable bonds is 9. The fourth-order valence-corrected chi connectivity index (χ4v) is 2.98. The van der Waals surface area contributed by atoms with Gasteiger partial charge in [0, 0.05) is 16.1 Å². The van der Waals surface area contributed by atoms with Gasteiger partial charge in [0.05, 0.1) is 27.5 Å². The minimum atomic E-state index is -0.349. The molecule has 7 nitrogen and oxygen atoms in total. The van der Waals surface area contributed by atoms with E-state index in [0.29, 0.717) is 45.8 Å². The van der Waals surface area contributed by atoms with Gasteiger partial charge in [0.1, 0.15) is 12.4 Å². The molecule has 1 amide bonds. The Balaban J connectivity index is 1.59. The summed E-state index contributed by atoms with van der Waals surface area (Å²) >= 11 is 5.88. The average molecular weight is 455 g/mol. The number of methoxy groups -OCH3 is 3. The molecular formula is C24H23ClN2O5. The third kappa shape index (κ3) is 5.92. The van der Waals surface area contributed by atoms with E-state index < -0.39 is 0 Å². The van der Waals surface area contributed by atoms with Crippen molar-refractivity contribution >= 4 is 23.7 Å². The molecule has 0 unspecified atom stereocenters. The van der Waals surface area contributed by atoms with Crippen molar-refractivity contribution in [3.05, 3.63) is 82.4 Å². The number of hydrogen-bond acceptors (Lipinski definition) is 6. The summed E-state index contributed by atoms with van der Waals surface area (Å²) in [5, 5.41) is 4.69. The van der Waals surface area contributed by atoms with E-state index in [-0.39, 0.29) is 5.91 Å². The molecule has 1 N–H and O–H groups in total. The summed E-state index contributed by atoms with van der Waals surface area (Å²) in [6, 6.07) is 17.7. The molecule has 0 fully saturated rings. The molecular weight excluding hydrogens is 432 g/mol. The van der Waals surface area contributed by atoms with E-state index in [2.05, 4.69) is 10.5 Å². The zero-order valence-electron chi connectivity index (χ0n) is 17.9. The Morgan fingerprint density at radius 1 is 0.938 bits per heavy atom. The van der Waals surface area contributed by atoms with Crippen molar-refractivity contribution in [1.29, 1.82) is 0 Å². The number of ether oxygens (including phenoxy) is 4. The monoisotopic (exact) mass is 454 g/mol. The molecule has 0 bridgehead atoms. The maximum atomic E-state index is 12.4. The minimum absolute atomic E-state index is 0.349. The van der Waals surface area contributed by atoms with E-state index in [9.17, 15) is 4.79 Å². The van der Waals surface area contributed by atoms with Crippen LogP contribution in [0.1, 0.15) is 21.5 Å². The first kappa shape index (κ1) is 23.0. The van der Waals surface area contributed by atoms with Crippen LogP contribution < -0.4 is 24.4 Å². The highest BCUT2D eigenvalue weighted by Gasteiger charge is 2.12. The Kier molecular flexibility index (Phi) is 7.94. The minimum Gasteiger partial charge on any atom is -0.493 e. The number of hydrazone groups is 1. The first-order valence-corrected chi connectivity index (χ1v) is 10.0. The van der Waals surface area contributed by atoms with Crippen molar-refractivity contribution in [2.24, 2.45) is 5.10 Å². The molecule has 0 aliphatic carbocycles. The highest BCUT2D eigenvalue weighted by Crippen LogP contribution is 2.37. The predicted molar refractivity (Wildman–Crippen MR) is 123 cm³/mol. The van der Waals surface area contributed by atoms with Gasteiger partial charge in [-0.25, -0.2) is 5.43 Å². The molecule has 0 radical (unpaired) electrons. The van der Waals surface area contributed by atoms with E-state index in [1.165, 1.54) is 27.5 Å². The molecule has 3 aromatic carbocycles. The Morgan fingerprint density at radius 3 is 2.12 bits per heavy atom. The number of carbonyl (C=O) groups is 1. The number of nitrogens with one attached hydrogen (secondary N) is 1. The van der Waals surface area contributed by atoms with Crippen LogP contribution in [0.3, 0.4) is 0 Å². The average Bonchev–Trinajstić information content (AvgIpc) is 2.83. The summed E-state index contributed by atoms with van der Waals surface area (Å²) in [7, 11) is 4.59. The Bertz CT molecular complexity index is 1060. The van der Waals surface area contributed by atoms with Gasteiger partial charge in [-0.3, -0.25) is 4.79 Å². The van der Waals surface area contributed by atoms with Crippen molar-refractivity contribution in [3.63, 3.8) is 0 Å². The topological polar surface area (TPSA) is 78.4 Å². The standard InChI is InChI=1S/C24H23ClN2O5/c1-29-21-12-17(13-22(30-2)23(21)31-3)14-26-27-24(28)18-6-10-20(11-7-18)32-15-16-4-8-19(25)9-5-16/h4-14H,15H2,1-3H3,(H,27,28)/b26-14+. The van der Waals surface area contributed by atoms with Crippen LogP contribution in [0.25, 0.3) is 0 Å². The van der Waals surface area contributed by atoms with Crippen molar-refractivity contribution in [2.75, 3.05) is 21.3 Å². The second-order valence-electron chi connectivity index (χ2n) is 6.60. The molecule has 0 saturated carbocycles. The van der Waals surface area contributed by atoms with Gasteiger partial charge in [-0.05, 0) is 54.1 Å². The van der Waals surface area contributed by atoms with Gasteiger partial charge < -0.3 is 18.9 Å². The zero-order valence-corrected chi connectivity index (χ0v) is 18.7. The highest BCUT2D eigenvalue weighted by atomic mass is 35.5. The number of carbonyl (C=O) groups excluding carboxylic acids is 1. The molecule has 0 aliphatic rings. The zero-order chi connectivity index (χ0) is 22.9. The second-order valence-corrected chi connectivity index (χ2v) is 7.03. The third-order valence-electron chi connectivity index (χ3n) is 4.50. The third-order valence-corrected chi connectivity index (χ3v) is 4.75. The summed E-state index contributed by atoms with van der Waals surface area (Å²) in [5.74, 6) is 1.77. The van der Waals surface area contributed by atoms with E-state index in [4.69, 9.17) is 30.5 Å². The predicted octanol–water partition coefficient (Wildman–Crippen LogP) is 4.71. The lowest BCUT2D eigenvalue weighted by molar-refractivity contribution is 0.0955. The largest absolute Gasteiger partial charge is 0.493 e. The SMILES string of the molecule is COc1cc(/C=N/NC(=O)c2ccc(OCc3ccc(Cl)cc3)cc2)cc(OC)c1OC. The number of nitrogens with zero attached hydrogens (tertiary/aromatic N) is 1. The molecule has 0 spiro atoms. The van der Waals surface area contributed by atoms with Gasteiger partial charge in [0.15, 0.2) is 11.5 Å². The Morgan fingerprint density at radius 2 is 1.56 bits per heavy atom. The normalized spacial score (nSPS) is 10.6. The Hall–Kier alpha value is -3.71. The van der Waals surface area contributed by atoms with Crippen molar-refractivity contribution < 1.29 is 23.7 Å². The molecule has 0 aliphatic heterocycles. The molecule has 0 saturated heterocycles. The van der Waals surface area contributed by atoms with Crippen LogP contribution in [0, 0.1) is 0 Å². The fourth-order valence-electron chi connectivity index (χ4n) is 2.86. The van der Waals surface area contributed by atoms with Gasteiger partial charge in [0.2, 0.25) is 5.75 Å². The summed E-state index contributed by atoms with van der Waals surface area (Å²) < 4.78 is 21.6. The molecule has 0 aromatic heterocycles. The molecule has 166 valence electrons. The number of amides is 1. The van der Waals surface area contributed by atoms with Crippen molar-refractivity contribution in [2.45, 2.75) is 6.61 Å². The molecule has 0 heterocycles. The van der Waals surface area contributed by atoms with E-state index in [1.807, 2.05) is 24.3 Å². The van der Waals surface area contributed by atoms with E-state index in [1.54, 1.807) is 36.4 Å². The van der Waals surface area contributed by atoms with Crippen molar-refractivity contribution in [3.8, 4) is 23.0 Å². The van der Waals surface area contributed by atoms with Crippen LogP contribution in [0.2, 0.25) is 5.02 Å². The van der Waals surface area contributed by atoms with Gasteiger partial charge in [-0.15, -0.1) is 0 Å². The van der Waals surface area contributed by atoms with Crippen LogP contribution >= 0.6 is 11.6 Å². The lowest BCUT2D eigenvalue weighted by atomic mass is 10.2. The number of hydrogen-bond donors (Lipinski definition) is 1. The maximum absolute atomic E-state index is 12.4. The maximum Gasteiger partial charge on any atom is 0.271 e. The van der Waals surface area contributed by atoms with Crippen LogP contribution in [0.5, 0.6) is 23.0 Å². The molecule has 3 rings (SSSR count). The fraction of sp³-hybridized carbons (Fsp3) is 0.167. The lowest BCUT2D eigenvalue weighted by Crippen LogP contribution is -2.17. The van der Waals surface area contributed by atoms with Crippen LogP contribution in [-0.2, 0) is 6.61 Å². The van der Waals surface area contributed by atoms with Gasteiger partial charge in [-0.2, -0.15) is 5.10 Å². The van der Waals surface area contributed by atoms with Crippen LogP contribution in [-0.4, -0.2) is 33.5 Å². The van der Waals surface area contributed by atoms with Gasteiger partial charge in [0.25, 0.3) is 5.91 Å². The number of halogens is 1. The molecule has 0 atom stereocenters. The first-order valence-electron chi connectivity index (χ1n) is 9.64. The summed E-state index contributed by atoms with van der Waals surface area (Å²) in [6.07, 6.45) is 1.49. The summed E-state index contributed by atoms with van der Waals surface area (Å²) in [5.41, 5.74) is 4.62. The highest BCUT2D eigenvalue weighted by molar-refractivity contribution is 6.30. The lowest BCUT2D eigenvalue weighted by Gasteiger charge is -2.12. The molecule has 32 heavy (non-hydrogen) atoms. The number of benzene rings is 3. The van der Waals surface area contributed by atoms with Crippen LogP contribution in [0.4, 0.5) is 0 Å². The van der Waals surface area contributed by atoms with Gasteiger partial charge in [-0.1, -0.05) is 23.7 Å². The van der Waals surface area contributed by atoms with Gasteiger partial charge >= 0.3 is 0 Å².